The minimum absolute atomic E-state index is 0. The minimum atomic E-state index is -2.20. The molecule has 0 aliphatic carbocycles. The molecule has 0 bridgehead atoms. The molecule has 0 saturated heterocycles. The summed E-state index contributed by atoms with van der Waals surface area (Å²) in [5, 5.41) is 17.7. The standard InChI is InChI=1S/C11H20N2O6S2.ClH/c1-10(2,3)19-9(18)11(13,8(16)17)5-21-20-4-6(12)7(14)15;/h6H,4-5,12-13H2,1-3H3,(H,14,15)(H,16,17);1H. The average molecular weight is 377 g/mol. The minimum Gasteiger partial charge on any atom is -0.480 e. The second kappa shape index (κ2) is 9.46. The summed E-state index contributed by atoms with van der Waals surface area (Å²) >= 11 is 0. The summed E-state index contributed by atoms with van der Waals surface area (Å²) in [6.45, 7) is 4.79. The highest BCUT2D eigenvalue weighted by Gasteiger charge is 2.45. The SMILES string of the molecule is CC(C)(C)OC(=O)C(N)(CSSCC(N)C(=O)O)C(=O)O.Cl. The highest BCUT2D eigenvalue weighted by Crippen LogP contribution is 2.27. The first kappa shape index (κ1) is 23.6. The van der Waals surface area contributed by atoms with Crippen molar-refractivity contribution < 1.29 is 29.3 Å². The average Bonchev–Trinajstić information content (AvgIpc) is 2.31. The fourth-order valence-electron chi connectivity index (χ4n) is 0.904. The highest BCUT2D eigenvalue weighted by molar-refractivity contribution is 8.76. The number of rotatable bonds is 8. The molecule has 0 aliphatic heterocycles. The maximum absolute atomic E-state index is 11.9. The first-order chi connectivity index (χ1) is 9.40. The predicted octanol–water partition coefficient (Wildman–Crippen LogP) is 0.325. The number of carbonyl (C=O) groups excluding carboxylic acids is 1. The molecule has 0 spiro atoms. The van der Waals surface area contributed by atoms with E-state index in [2.05, 4.69) is 0 Å². The Hall–Kier alpha value is -0.680. The molecule has 130 valence electrons. The topological polar surface area (TPSA) is 153 Å². The Morgan fingerprint density at radius 3 is 2.05 bits per heavy atom. The quantitative estimate of drug-likeness (QED) is 0.201. The normalized spacial score (nSPS) is 15.1. The third-order valence-electron chi connectivity index (χ3n) is 2.08. The molecule has 0 radical (unpaired) electrons. The molecule has 0 saturated carbocycles. The third kappa shape index (κ3) is 8.08. The van der Waals surface area contributed by atoms with Gasteiger partial charge in [-0.3, -0.25) is 4.79 Å². The van der Waals surface area contributed by atoms with Crippen molar-refractivity contribution in [3.63, 3.8) is 0 Å². The zero-order valence-corrected chi connectivity index (χ0v) is 14.8. The Morgan fingerprint density at radius 1 is 1.18 bits per heavy atom. The molecule has 2 atom stereocenters. The van der Waals surface area contributed by atoms with Gasteiger partial charge in [-0.25, -0.2) is 9.59 Å². The first-order valence-electron chi connectivity index (χ1n) is 5.88. The van der Waals surface area contributed by atoms with Gasteiger partial charge in [0.2, 0.25) is 5.54 Å². The summed E-state index contributed by atoms with van der Waals surface area (Å²) in [5.74, 6) is -3.92. The van der Waals surface area contributed by atoms with Crippen LogP contribution in [0.3, 0.4) is 0 Å². The molecule has 0 rings (SSSR count). The molecule has 0 amide bonds. The van der Waals surface area contributed by atoms with E-state index in [9.17, 15) is 14.4 Å². The predicted molar refractivity (Wildman–Crippen MR) is 88.2 cm³/mol. The zero-order valence-electron chi connectivity index (χ0n) is 12.4. The Bertz CT molecular complexity index is 418. The number of carboxylic acids is 2. The van der Waals surface area contributed by atoms with Crippen LogP contribution in [-0.4, -0.2) is 56.8 Å². The van der Waals surface area contributed by atoms with Gasteiger partial charge < -0.3 is 26.4 Å². The van der Waals surface area contributed by atoms with Crippen molar-refractivity contribution in [1.29, 1.82) is 0 Å². The van der Waals surface area contributed by atoms with Crippen LogP contribution < -0.4 is 11.5 Å². The molecule has 0 aromatic heterocycles. The lowest BCUT2D eigenvalue weighted by Crippen LogP contribution is -2.59. The number of ether oxygens (including phenoxy) is 1. The zero-order chi connectivity index (χ0) is 16.8. The van der Waals surface area contributed by atoms with E-state index in [0.717, 1.165) is 21.6 Å². The van der Waals surface area contributed by atoms with Crippen LogP contribution in [0.15, 0.2) is 0 Å². The van der Waals surface area contributed by atoms with Gasteiger partial charge in [-0.05, 0) is 20.8 Å². The van der Waals surface area contributed by atoms with Crippen molar-refractivity contribution in [3.8, 4) is 0 Å². The smallest absolute Gasteiger partial charge is 0.339 e. The Labute approximate surface area is 142 Å². The number of esters is 1. The van der Waals surface area contributed by atoms with Crippen molar-refractivity contribution in [2.45, 2.75) is 38.0 Å². The van der Waals surface area contributed by atoms with Crippen molar-refractivity contribution in [1.82, 2.24) is 0 Å². The van der Waals surface area contributed by atoms with Gasteiger partial charge in [-0.1, -0.05) is 21.6 Å². The van der Waals surface area contributed by atoms with Gasteiger partial charge in [0.15, 0.2) is 0 Å². The molecule has 6 N–H and O–H groups in total. The first-order valence-corrected chi connectivity index (χ1v) is 8.37. The second-order valence-corrected chi connectivity index (χ2v) is 7.78. The van der Waals surface area contributed by atoms with Crippen LogP contribution in [-0.2, 0) is 19.1 Å². The molecule has 2 unspecified atom stereocenters. The number of carboxylic acid groups (broad SMARTS) is 2. The number of hydrogen-bond donors (Lipinski definition) is 4. The van der Waals surface area contributed by atoms with Crippen LogP contribution in [0.1, 0.15) is 20.8 Å². The molecule has 22 heavy (non-hydrogen) atoms. The maximum atomic E-state index is 11.9. The van der Waals surface area contributed by atoms with Crippen molar-refractivity contribution in [2.24, 2.45) is 11.5 Å². The van der Waals surface area contributed by atoms with E-state index in [4.69, 9.17) is 26.4 Å². The molecule has 0 heterocycles. The molecular formula is C11H21ClN2O6S2. The monoisotopic (exact) mass is 376 g/mol. The highest BCUT2D eigenvalue weighted by atomic mass is 35.5. The Morgan fingerprint density at radius 2 is 1.68 bits per heavy atom. The van der Waals surface area contributed by atoms with Crippen molar-refractivity contribution in [3.05, 3.63) is 0 Å². The number of halogens is 1. The third-order valence-corrected chi connectivity index (χ3v) is 4.58. The summed E-state index contributed by atoms with van der Waals surface area (Å²) < 4.78 is 4.99. The Balaban J connectivity index is 0. The maximum Gasteiger partial charge on any atom is 0.339 e. The molecule has 0 fully saturated rings. The van der Waals surface area contributed by atoms with Gasteiger partial charge in [0, 0.05) is 11.5 Å². The largest absolute Gasteiger partial charge is 0.480 e. The van der Waals surface area contributed by atoms with Crippen LogP contribution in [0.5, 0.6) is 0 Å². The van der Waals surface area contributed by atoms with Crippen LogP contribution in [0.2, 0.25) is 0 Å². The number of aliphatic carboxylic acids is 2. The molecule has 0 aromatic carbocycles. The van der Waals surface area contributed by atoms with Crippen molar-refractivity contribution >= 4 is 51.9 Å². The molecular weight excluding hydrogens is 356 g/mol. The van der Waals surface area contributed by atoms with Gasteiger partial charge >= 0.3 is 17.9 Å². The molecule has 8 nitrogen and oxygen atoms in total. The van der Waals surface area contributed by atoms with Gasteiger partial charge in [-0.2, -0.15) is 0 Å². The summed E-state index contributed by atoms with van der Waals surface area (Å²) in [4.78, 5) is 33.6. The number of carbonyl (C=O) groups is 3. The molecule has 11 heteroatoms. The number of hydrogen-bond acceptors (Lipinski definition) is 8. The van der Waals surface area contributed by atoms with E-state index in [1.807, 2.05) is 0 Å². The summed E-state index contributed by atoms with van der Waals surface area (Å²) in [6.07, 6.45) is 0. The van der Waals surface area contributed by atoms with Gasteiger partial charge in [0.25, 0.3) is 0 Å². The van der Waals surface area contributed by atoms with E-state index in [-0.39, 0.29) is 23.9 Å². The van der Waals surface area contributed by atoms with Gasteiger partial charge in [0.05, 0.1) is 0 Å². The number of nitrogens with two attached hydrogens (primary N) is 2. The van der Waals surface area contributed by atoms with Crippen LogP contribution in [0.4, 0.5) is 0 Å². The van der Waals surface area contributed by atoms with E-state index < -0.39 is 35.1 Å². The summed E-state index contributed by atoms with van der Waals surface area (Å²) in [6, 6.07) is -1.07. The molecule has 0 aromatic rings. The van der Waals surface area contributed by atoms with E-state index >= 15 is 0 Å². The fraction of sp³-hybridized carbons (Fsp3) is 0.727. The van der Waals surface area contributed by atoms with E-state index in [1.54, 1.807) is 20.8 Å². The van der Waals surface area contributed by atoms with E-state index in [0.29, 0.717) is 0 Å². The lowest BCUT2D eigenvalue weighted by Gasteiger charge is -2.27. The second-order valence-electron chi connectivity index (χ2n) is 5.27. The van der Waals surface area contributed by atoms with Crippen LogP contribution in [0, 0.1) is 0 Å². The van der Waals surface area contributed by atoms with Gasteiger partial charge in [-0.15, -0.1) is 12.4 Å². The lowest BCUT2D eigenvalue weighted by molar-refractivity contribution is -0.167. The van der Waals surface area contributed by atoms with Crippen molar-refractivity contribution in [2.75, 3.05) is 11.5 Å². The van der Waals surface area contributed by atoms with E-state index in [1.165, 1.54) is 0 Å². The van der Waals surface area contributed by atoms with Crippen LogP contribution >= 0.6 is 34.0 Å². The lowest BCUT2D eigenvalue weighted by atomic mass is 10.0. The Kier molecular flexibility index (Phi) is 10.1. The summed E-state index contributed by atoms with van der Waals surface area (Å²) in [7, 11) is 1.98. The fourth-order valence-corrected chi connectivity index (χ4v) is 3.34. The summed E-state index contributed by atoms with van der Waals surface area (Å²) in [5.41, 5.74) is 7.85. The molecule has 0 aliphatic rings. The van der Waals surface area contributed by atoms with Crippen LogP contribution in [0.25, 0.3) is 0 Å². The van der Waals surface area contributed by atoms with Gasteiger partial charge in [0.1, 0.15) is 11.6 Å².